The molecule has 2 aromatic carbocycles. The number of urea groups is 1. The highest BCUT2D eigenvalue weighted by Crippen LogP contribution is 2.18. The summed E-state index contributed by atoms with van der Waals surface area (Å²) in [6.45, 7) is 3.53. The van der Waals surface area contributed by atoms with E-state index in [1.165, 1.54) is 18.2 Å². The number of anilines is 1. The third-order valence-electron chi connectivity index (χ3n) is 5.14. The number of halogens is 2. The number of carbonyl (C=O) groups excluding carboxylic acids is 1. The maximum Gasteiger partial charge on any atom is 0.319 e. The molecule has 0 saturated carbocycles. The number of rotatable bonds is 6. The predicted octanol–water partition coefficient (Wildman–Crippen LogP) is 3.54. The van der Waals surface area contributed by atoms with Gasteiger partial charge in [-0.15, -0.1) is 0 Å². The molecular weight excluding hydrogens is 412 g/mol. The highest BCUT2D eigenvalue weighted by molar-refractivity contribution is 7.91. The van der Waals surface area contributed by atoms with E-state index >= 15 is 0 Å². The number of likely N-dealkylation sites (tertiary alicyclic amines) is 1. The monoisotopic (exact) mass is 437 g/mol. The summed E-state index contributed by atoms with van der Waals surface area (Å²) in [5, 5.41) is 5.59. The standard InChI is InChI=1S/C21H25F2N3O3S/c1-2-30(28,29)18-5-3-4-17(13-18)25-21(27)24-16-8-10-26(11-9-16)14-15-6-7-19(22)20(23)12-15/h3-7,12-13,16H,2,8-11,14H2,1H3,(H2,24,25,27). The highest BCUT2D eigenvalue weighted by Gasteiger charge is 2.21. The minimum atomic E-state index is -3.34. The van der Waals surface area contributed by atoms with Crippen LogP contribution in [0.5, 0.6) is 0 Å². The van der Waals surface area contributed by atoms with E-state index in [0.717, 1.165) is 18.9 Å². The highest BCUT2D eigenvalue weighted by atomic mass is 32.2. The molecule has 0 bridgehead atoms. The van der Waals surface area contributed by atoms with Crippen LogP contribution in [-0.4, -0.2) is 44.2 Å². The number of hydrogen-bond donors (Lipinski definition) is 2. The number of nitrogens with zero attached hydrogens (tertiary/aromatic N) is 1. The molecule has 0 spiro atoms. The molecule has 0 unspecified atom stereocenters. The molecular formula is C21H25F2N3O3S. The lowest BCUT2D eigenvalue weighted by Crippen LogP contribution is -2.45. The van der Waals surface area contributed by atoms with Crippen molar-refractivity contribution in [3.8, 4) is 0 Å². The molecule has 1 aliphatic rings. The number of amides is 2. The van der Waals surface area contributed by atoms with Gasteiger partial charge < -0.3 is 10.6 Å². The zero-order chi connectivity index (χ0) is 21.7. The van der Waals surface area contributed by atoms with Crippen molar-refractivity contribution in [3.05, 3.63) is 59.7 Å². The van der Waals surface area contributed by atoms with Crippen molar-refractivity contribution in [2.24, 2.45) is 0 Å². The van der Waals surface area contributed by atoms with E-state index in [2.05, 4.69) is 15.5 Å². The quantitative estimate of drug-likeness (QED) is 0.725. The molecule has 6 nitrogen and oxygen atoms in total. The average Bonchev–Trinajstić information content (AvgIpc) is 2.72. The minimum Gasteiger partial charge on any atom is -0.335 e. The fraction of sp³-hybridized carbons (Fsp3) is 0.381. The minimum absolute atomic E-state index is 0.00815. The Labute approximate surface area is 175 Å². The summed E-state index contributed by atoms with van der Waals surface area (Å²) in [4.78, 5) is 14.6. The van der Waals surface area contributed by atoms with Gasteiger partial charge in [0.2, 0.25) is 0 Å². The lowest BCUT2D eigenvalue weighted by atomic mass is 10.0. The van der Waals surface area contributed by atoms with Crippen LogP contribution < -0.4 is 10.6 Å². The Bertz CT molecular complexity index is 1010. The van der Waals surface area contributed by atoms with Gasteiger partial charge in [0.15, 0.2) is 21.5 Å². The van der Waals surface area contributed by atoms with Crippen molar-refractivity contribution in [1.82, 2.24) is 10.2 Å². The van der Waals surface area contributed by atoms with Crippen LogP contribution in [0.4, 0.5) is 19.3 Å². The van der Waals surface area contributed by atoms with Crippen molar-refractivity contribution in [2.75, 3.05) is 24.2 Å². The first-order valence-electron chi connectivity index (χ1n) is 9.83. The number of piperidine rings is 1. The SMILES string of the molecule is CCS(=O)(=O)c1cccc(NC(=O)NC2CCN(Cc3ccc(F)c(F)c3)CC2)c1. The lowest BCUT2D eigenvalue weighted by Gasteiger charge is -2.32. The van der Waals surface area contributed by atoms with Crippen LogP contribution in [0.3, 0.4) is 0 Å². The van der Waals surface area contributed by atoms with Gasteiger partial charge in [-0.25, -0.2) is 22.0 Å². The van der Waals surface area contributed by atoms with E-state index in [9.17, 15) is 22.0 Å². The fourth-order valence-electron chi connectivity index (χ4n) is 3.42. The predicted molar refractivity (Wildman–Crippen MR) is 111 cm³/mol. The van der Waals surface area contributed by atoms with E-state index in [4.69, 9.17) is 0 Å². The smallest absolute Gasteiger partial charge is 0.319 e. The second kappa shape index (κ2) is 9.53. The maximum atomic E-state index is 13.3. The number of hydrogen-bond acceptors (Lipinski definition) is 4. The zero-order valence-electron chi connectivity index (χ0n) is 16.7. The van der Waals surface area contributed by atoms with Gasteiger partial charge in [0, 0.05) is 31.4 Å². The molecule has 0 aliphatic carbocycles. The van der Waals surface area contributed by atoms with E-state index in [0.29, 0.717) is 30.9 Å². The molecule has 2 aromatic rings. The van der Waals surface area contributed by atoms with Gasteiger partial charge in [-0.05, 0) is 48.7 Å². The largest absolute Gasteiger partial charge is 0.335 e. The molecule has 2 N–H and O–H groups in total. The molecule has 30 heavy (non-hydrogen) atoms. The summed E-state index contributed by atoms with van der Waals surface area (Å²) in [7, 11) is -3.34. The molecule has 1 fully saturated rings. The van der Waals surface area contributed by atoms with Crippen LogP contribution in [0.1, 0.15) is 25.3 Å². The molecule has 0 aromatic heterocycles. The summed E-state index contributed by atoms with van der Waals surface area (Å²) >= 11 is 0. The van der Waals surface area contributed by atoms with Gasteiger partial charge in [0.25, 0.3) is 0 Å². The van der Waals surface area contributed by atoms with Crippen LogP contribution >= 0.6 is 0 Å². The number of carbonyl (C=O) groups is 1. The third-order valence-corrected chi connectivity index (χ3v) is 6.88. The van der Waals surface area contributed by atoms with Crippen LogP contribution in [0.15, 0.2) is 47.4 Å². The van der Waals surface area contributed by atoms with Crippen LogP contribution in [0.2, 0.25) is 0 Å². The van der Waals surface area contributed by atoms with E-state index in [1.54, 1.807) is 25.1 Å². The molecule has 2 amide bonds. The first-order valence-corrected chi connectivity index (χ1v) is 11.5. The Morgan fingerprint density at radius 2 is 1.83 bits per heavy atom. The Morgan fingerprint density at radius 3 is 2.50 bits per heavy atom. The van der Waals surface area contributed by atoms with E-state index in [-0.39, 0.29) is 22.7 Å². The summed E-state index contributed by atoms with van der Waals surface area (Å²) in [5.41, 5.74) is 1.12. The molecule has 1 heterocycles. The van der Waals surface area contributed by atoms with Gasteiger partial charge in [0.05, 0.1) is 10.6 Å². The van der Waals surface area contributed by atoms with Gasteiger partial charge in [0.1, 0.15) is 0 Å². The number of sulfone groups is 1. The summed E-state index contributed by atoms with van der Waals surface area (Å²) < 4.78 is 50.3. The van der Waals surface area contributed by atoms with Gasteiger partial charge in [-0.1, -0.05) is 19.1 Å². The number of nitrogens with one attached hydrogen (secondary N) is 2. The molecule has 1 aliphatic heterocycles. The Balaban J connectivity index is 1.48. The average molecular weight is 438 g/mol. The first kappa shape index (κ1) is 22.2. The van der Waals surface area contributed by atoms with Crippen LogP contribution in [0.25, 0.3) is 0 Å². The Morgan fingerprint density at radius 1 is 1.10 bits per heavy atom. The number of benzene rings is 2. The third kappa shape index (κ3) is 5.76. The normalized spacial score (nSPS) is 15.7. The second-order valence-electron chi connectivity index (χ2n) is 7.33. The maximum absolute atomic E-state index is 13.3. The summed E-state index contributed by atoms with van der Waals surface area (Å²) in [6, 6.07) is 9.68. The van der Waals surface area contributed by atoms with Gasteiger partial charge in [-0.3, -0.25) is 4.90 Å². The molecule has 0 atom stereocenters. The molecule has 162 valence electrons. The molecule has 9 heteroatoms. The van der Waals surface area contributed by atoms with E-state index in [1.807, 2.05) is 0 Å². The van der Waals surface area contributed by atoms with Crippen molar-refractivity contribution in [2.45, 2.75) is 37.2 Å². The molecule has 0 radical (unpaired) electrons. The first-order chi connectivity index (χ1) is 14.3. The van der Waals surface area contributed by atoms with Gasteiger partial charge >= 0.3 is 6.03 Å². The topological polar surface area (TPSA) is 78.5 Å². The van der Waals surface area contributed by atoms with Crippen molar-refractivity contribution >= 4 is 21.6 Å². The fourth-order valence-corrected chi connectivity index (χ4v) is 4.34. The zero-order valence-corrected chi connectivity index (χ0v) is 17.5. The van der Waals surface area contributed by atoms with Crippen LogP contribution in [-0.2, 0) is 16.4 Å². The van der Waals surface area contributed by atoms with Gasteiger partial charge in [-0.2, -0.15) is 0 Å². The second-order valence-corrected chi connectivity index (χ2v) is 9.61. The lowest BCUT2D eigenvalue weighted by molar-refractivity contribution is 0.189. The van der Waals surface area contributed by atoms with E-state index < -0.39 is 21.5 Å². The van der Waals surface area contributed by atoms with Crippen molar-refractivity contribution in [3.63, 3.8) is 0 Å². The Hall–Kier alpha value is -2.52. The molecule has 1 saturated heterocycles. The summed E-state index contributed by atoms with van der Waals surface area (Å²) in [5.74, 6) is -1.71. The van der Waals surface area contributed by atoms with Crippen molar-refractivity contribution < 1.29 is 22.0 Å². The Kier molecular flexibility index (Phi) is 7.04. The summed E-state index contributed by atoms with van der Waals surface area (Å²) in [6.07, 6.45) is 1.45. The van der Waals surface area contributed by atoms with Crippen LogP contribution in [0, 0.1) is 11.6 Å². The molecule has 3 rings (SSSR count). The van der Waals surface area contributed by atoms with Crippen molar-refractivity contribution in [1.29, 1.82) is 0 Å².